The molecular weight excluding hydrogens is 1300 g/mol. The number of nitrogens with two attached hydrogens (primary N) is 6. The minimum atomic E-state index is -1.52. The normalized spacial score (nSPS) is 20.3. The van der Waals surface area contributed by atoms with Crippen molar-refractivity contribution in [1.29, 1.82) is 21.6 Å². The molecule has 0 aromatic heterocycles. The molecule has 101 heavy (non-hydrogen) atoms. The molecule has 0 saturated carbocycles. The van der Waals surface area contributed by atoms with Crippen LogP contribution in [-0.4, -0.2) is 183 Å². The molecule has 29 N–H and O–H groups in total. The molecule has 9 atom stereocenters. The van der Waals surface area contributed by atoms with E-state index in [2.05, 4.69) is 79.1 Å². The molecule has 9 amide bonds. The van der Waals surface area contributed by atoms with Crippen LogP contribution in [0.5, 0.6) is 0 Å². The van der Waals surface area contributed by atoms with Gasteiger partial charge < -0.3 is 104 Å². The molecule has 4 rings (SSSR count). The van der Waals surface area contributed by atoms with E-state index in [0.717, 1.165) is 10.8 Å². The maximum Gasteiger partial charge on any atom is 0.243 e. The fourth-order valence-corrected chi connectivity index (χ4v) is 11.0. The molecule has 0 bridgehead atoms. The van der Waals surface area contributed by atoms with E-state index >= 15 is 14.4 Å². The van der Waals surface area contributed by atoms with E-state index in [0.29, 0.717) is 43.4 Å². The molecule has 0 spiro atoms. The van der Waals surface area contributed by atoms with E-state index in [9.17, 15) is 33.6 Å². The molecule has 0 radical (unpaired) electrons. The Hall–Kier alpha value is -10.9. The fraction of sp³-hybridized carbons (Fsp3) is 0.538. The van der Waals surface area contributed by atoms with Gasteiger partial charge in [0.05, 0.1) is 12.1 Å². The number of ketones is 1. The standard InChI is InChI=1S/C65H102N26O10/c66-29-8-6-18-44(54(67)94)83-53(93)27-26-43-52(92)28-35-77-45(19-7-9-34-82-91-76)55(95)89-50(37-39-14-2-1-3-15-39)61(101)90-51(38-40-24-25-41-16-4-5-17-42(41)36-40)60(100)88-49(23-13-33-81-65(74)75)59(99)87-48(22-12-32-80-64(72)73)58(98)86-47(21-11-31-79-63(70)71)57(97)85-46(56(96)84-43)20-10-30-78-62(68)69/h1-5,14-17,24-25,36,43-51,77H,6-13,18-23,26-35,37-38,66H2,(H2,67,94)(H,83,93)(H,84,96)(H,85,97)(H,86,98)(H,87,99)(H,88,100)(H,89,95)(H,90,101)(H4,68,69,78)(H4,70,71,79)(H4,72,73,80)(H4,74,75,81)/t43-,44-,45-,46-,47-,48-,49-,50-,51-/m0/s1. The van der Waals surface area contributed by atoms with Crippen LogP contribution >= 0.6 is 0 Å². The van der Waals surface area contributed by atoms with Gasteiger partial charge in [-0.25, -0.2) is 0 Å². The average Bonchev–Trinajstić information content (AvgIpc) is 0.868. The Morgan fingerprint density at radius 1 is 0.485 bits per heavy atom. The van der Waals surface area contributed by atoms with Gasteiger partial charge in [-0.2, -0.15) is 0 Å². The second kappa shape index (κ2) is 45.7. The number of nitrogens with zero attached hydrogens (tertiary/aromatic N) is 3. The Bertz CT molecular complexity index is 3340. The molecule has 1 saturated heterocycles. The molecule has 0 aliphatic carbocycles. The lowest BCUT2D eigenvalue weighted by molar-refractivity contribution is -0.136. The molecule has 36 nitrogen and oxygen atoms in total. The number of Topliss-reactive ketones (excluding diaryl/α,β-unsaturated/α-hetero) is 1. The third-order valence-corrected chi connectivity index (χ3v) is 16.4. The van der Waals surface area contributed by atoms with Crippen LogP contribution < -0.4 is 104 Å². The number of guanidine groups is 4. The zero-order chi connectivity index (χ0) is 74.1. The van der Waals surface area contributed by atoms with E-state index in [4.69, 9.17) is 61.6 Å². The summed E-state index contributed by atoms with van der Waals surface area (Å²) in [4.78, 5) is 149. The topological polar surface area (TPSA) is 627 Å². The first kappa shape index (κ1) is 82.6. The predicted molar refractivity (Wildman–Crippen MR) is 380 cm³/mol. The van der Waals surface area contributed by atoms with Gasteiger partial charge in [-0.3, -0.25) is 69.6 Å². The minimum Gasteiger partial charge on any atom is -0.370 e. The first-order chi connectivity index (χ1) is 48.4. The molecule has 0 unspecified atom stereocenters. The summed E-state index contributed by atoms with van der Waals surface area (Å²) in [6.07, 6.45) is -0.0656. The molecule has 1 heterocycles. The first-order valence-corrected chi connectivity index (χ1v) is 33.9. The SMILES string of the molecule is [N-]=[N+]=NCCCC[C@@H]1NCCC(=O)[C@H](CCC(=O)N[C@@H](CCCCN)C(N)=O)NC(=O)[C@H](CCCNC(=N)N)NC(=O)[C@H](CCCNC(=N)N)NC(=O)[C@H](CCCNC(=N)N)NC(=O)[C@H](CCCNC(=N)N)NC(=O)[C@H](Cc2ccc3ccccc3c2)NC(=O)[C@H](Cc2ccccc2)NC1=O. The number of carbonyl (C=O) groups excluding carboxylic acids is 10. The third kappa shape index (κ3) is 32.6. The number of fused-ring (bicyclic) bond motifs is 1. The number of benzene rings is 3. The molecule has 1 aliphatic rings. The number of azide groups is 1. The smallest absolute Gasteiger partial charge is 0.243 e. The van der Waals surface area contributed by atoms with Crippen molar-refractivity contribution >= 4 is 93.6 Å². The van der Waals surface area contributed by atoms with Gasteiger partial charge >= 0.3 is 0 Å². The number of rotatable bonds is 34. The van der Waals surface area contributed by atoms with Gasteiger partial charge in [0, 0.05) is 69.9 Å². The van der Waals surface area contributed by atoms with Crippen molar-refractivity contribution in [2.45, 2.75) is 176 Å². The highest BCUT2D eigenvalue weighted by Gasteiger charge is 2.36. The van der Waals surface area contributed by atoms with Crippen molar-refractivity contribution in [1.82, 2.24) is 69.1 Å². The van der Waals surface area contributed by atoms with E-state index < -0.39 is 144 Å². The highest BCUT2D eigenvalue weighted by molar-refractivity contribution is 5.99. The summed E-state index contributed by atoms with van der Waals surface area (Å²) in [5, 5.41) is 71.9. The Balaban J connectivity index is 1.96. The van der Waals surface area contributed by atoms with Gasteiger partial charge in [0.1, 0.15) is 42.3 Å². The summed E-state index contributed by atoms with van der Waals surface area (Å²) in [5.74, 6) is -9.92. The van der Waals surface area contributed by atoms with E-state index in [1.807, 2.05) is 36.4 Å². The minimum absolute atomic E-state index is 0.0178. The summed E-state index contributed by atoms with van der Waals surface area (Å²) < 4.78 is 0. The van der Waals surface area contributed by atoms with E-state index in [-0.39, 0.29) is 129 Å². The number of hydrogen-bond donors (Lipinski definition) is 23. The molecule has 3 aromatic carbocycles. The van der Waals surface area contributed by atoms with Gasteiger partial charge in [0.2, 0.25) is 53.2 Å². The first-order valence-electron chi connectivity index (χ1n) is 33.9. The number of nitrogens with one attached hydrogen (secondary N) is 17. The van der Waals surface area contributed by atoms with Crippen LogP contribution in [0.2, 0.25) is 0 Å². The van der Waals surface area contributed by atoms with Crippen molar-refractivity contribution in [3.63, 3.8) is 0 Å². The third-order valence-electron chi connectivity index (χ3n) is 16.4. The van der Waals surface area contributed by atoms with Gasteiger partial charge in [-0.15, -0.1) is 0 Å². The molecule has 3 aromatic rings. The molecular formula is C65H102N26O10. The highest BCUT2D eigenvalue weighted by Crippen LogP contribution is 2.19. The molecule has 1 fully saturated rings. The largest absolute Gasteiger partial charge is 0.370 e. The van der Waals surface area contributed by atoms with Crippen molar-refractivity contribution in [3.8, 4) is 0 Å². The van der Waals surface area contributed by atoms with Crippen LogP contribution in [0.15, 0.2) is 77.9 Å². The van der Waals surface area contributed by atoms with Crippen molar-refractivity contribution in [2.75, 3.05) is 45.8 Å². The molecule has 1 aliphatic heterocycles. The summed E-state index contributed by atoms with van der Waals surface area (Å²) >= 11 is 0. The second-order valence-electron chi connectivity index (χ2n) is 24.5. The van der Waals surface area contributed by atoms with Gasteiger partial charge in [-0.05, 0) is 124 Å². The maximum atomic E-state index is 15.2. The van der Waals surface area contributed by atoms with E-state index in [1.165, 1.54) is 0 Å². The van der Waals surface area contributed by atoms with Crippen molar-refractivity contribution in [2.24, 2.45) is 39.5 Å². The number of primary amides is 1. The van der Waals surface area contributed by atoms with Crippen LogP contribution in [0.25, 0.3) is 21.2 Å². The average molecular weight is 1410 g/mol. The molecule has 36 heteroatoms. The lowest BCUT2D eigenvalue weighted by atomic mass is 9.99. The summed E-state index contributed by atoms with van der Waals surface area (Å²) in [7, 11) is 0. The van der Waals surface area contributed by atoms with Crippen molar-refractivity contribution in [3.05, 3.63) is 94.4 Å². The quantitative estimate of drug-likeness (QED) is 0.00726. The van der Waals surface area contributed by atoms with E-state index in [1.54, 1.807) is 36.4 Å². The predicted octanol–water partition coefficient (Wildman–Crippen LogP) is -2.64. The van der Waals surface area contributed by atoms with Gasteiger partial charge in [0.15, 0.2) is 29.6 Å². The lowest BCUT2D eigenvalue weighted by Crippen LogP contribution is -2.61. The Labute approximate surface area is 586 Å². The van der Waals surface area contributed by atoms with Crippen LogP contribution in [0, 0.1) is 21.6 Å². The number of carbonyl (C=O) groups is 10. The van der Waals surface area contributed by atoms with Crippen LogP contribution in [0.4, 0.5) is 0 Å². The highest BCUT2D eigenvalue weighted by atomic mass is 16.2. The van der Waals surface area contributed by atoms with Crippen molar-refractivity contribution < 1.29 is 47.9 Å². The fourth-order valence-electron chi connectivity index (χ4n) is 11.0. The summed E-state index contributed by atoms with van der Waals surface area (Å²) in [6, 6.07) is 8.93. The lowest BCUT2D eigenvalue weighted by Gasteiger charge is -2.29. The Morgan fingerprint density at radius 3 is 1.36 bits per heavy atom. The van der Waals surface area contributed by atoms with Gasteiger partial charge in [0.25, 0.3) is 0 Å². The van der Waals surface area contributed by atoms with Crippen LogP contribution in [0.3, 0.4) is 0 Å². The monoisotopic (exact) mass is 1410 g/mol. The number of hydrogen-bond acceptors (Lipinski definition) is 17. The zero-order valence-corrected chi connectivity index (χ0v) is 56.9. The maximum absolute atomic E-state index is 15.2. The summed E-state index contributed by atoms with van der Waals surface area (Å²) in [6.45, 7) is 0.254. The second-order valence-corrected chi connectivity index (χ2v) is 24.5. The Morgan fingerprint density at radius 2 is 0.901 bits per heavy atom. The molecule has 552 valence electrons. The van der Waals surface area contributed by atoms with Crippen LogP contribution in [0.1, 0.15) is 120 Å². The number of amides is 9. The Kier molecular flexibility index (Phi) is 37.3. The zero-order valence-electron chi connectivity index (χ0n) is 56.9. The number of unbranched alkanes of at least 4 members (excludes halogenated alkanes) is 2. The van der Waals surface area contributed by atoms with Crippen LogP contribution in [-0.2, 0) is 60.8 Å². The van der Waals surface area contributed by atoms with Gasteiger partial charge in [-0.1, -0.05) is 84.3 Å². The summed E-state index contributed by atoms with van der Waals surface area (Å²) in [5.41, 5.74) is 43.9.